The minimum Gasteiger partial charge on any atom is -0.387 e. The van der Waals surface area contributed by atoms with E-state index in [1.807, 2.05) is 0 Å². The summed E-state index contributed by atoms with van der Waals surface area (Å²) in [6.07, 6.45) is -6.58. The molecule has 1 aliphatic carbocycles. The van der Waals surface area contributed by atoms with E-state index in [0.29, 0.717) is 19.3 Å². The van der Waals surface area contributed by atoms with E-state index in [1.165, 1.54) is 0 Å². The monoisotopic (exact) mass is 249 g/mol. The Balaban J connectivity index is 2.80. The molecule has 0 heterocycles. The molecule has 0 amide bonds. The van der Waals surface area contributed by atoms with E-state index in [0.717, 1.165) is 0 Å². The highest BCUT2D eigenvalue weighted by atomic mass is 16.4. The van der Waals surface area contributed by atoms with Gasteiger partial charge in [0.25, 0.3) is 0 Å². The molecule has 0 aliphatic heterocycles. The first-order chi connectivity index (χ1) is 7.86. The van der Waals surface area contributed by atoms with Crippen LogP contribution in [-0.4, -0.2) is 66.8 Å². The second-order valence-electron chi connectivity index (χ2n) is 4.66. The number of rotatable bonds is 4. The Labute approximate surface area is 100 Å². The van der Waals surface area contributed by atoms with Gasteiger partial charge in [0.2, 0.25) is 0 Å². The largest absolute Gasteiger partial charge is 0.387 e. The highest BCUT2D eigenvalue weighted by molar-refractivity contribution is 5.08. The van der Waals surface area contributed by atoms with Gasteiger partial charge in [0, 0.05) is 0 Å². The molecule has 17 heavy (non-hydrogen) atoms. The predicted molar refractivity (Wildman–Crippen MR) is 58.8 cm³/mol. The second-order valence-corrected chi connectivity index (χ2v) is 4.66. The zero-order chi connectivity index (χ0) is 13.2. The molecule has 0 saturated heterocycles. The van der Waals surface area contributed by atoms with Crippen LogP contribution < -0.4 is 0 Å². The molecule has 0 unspecified atom stereocenters. The van der Waals surface area contributed by atoms with Gasteiger partial charge in [-0.1, -0.05) is 26.2 Å². The van der Waals surface area contributed by atoms with Crippen molar-refractivity contribution in [2.75, 3.05) is 0 Å². The molecule has 6 nitrogen and oxygen atoms in total. The van der Waals surface area contributed by atoms with Crippen LogP contribution in [0.15, 0.2) is 0 Å². The van der Waals surface area contributed by atoms with Crippen molar-refractivity contribution < 1.29 is 30.6 Å². The molecule has 1 aliphatic rings. The van der Waals surface area contributed by atoms with Gasteiger partial charge in [-0.2, -0.15) is 0 Å². The Morgan fingerprint density at radius 1 is 0.824 bits per heavy atom. The third-order valence-electron chi connectivity index (χ3n) is 3.45. The Hall–Kier alpha value is -0.240. The molecule has 6 heteroatoms. The highest BCUT2D eigenvalue weighted by Gasteiger charge is 2.56. The summed E-state index contributed by atoms with van der Waals surface area (Å²) in [7, 11) is 0. The van der Waals surface area contributed by atoms with Gasteiger partial charge in [-0.05, 0) is 6.42 Å². The van der Waals surface area contributed by atoms with E-state index >= 15 is 0 Å². The lowest BCUT2D eigenvalue weighted by atomic mass is 9.72. The van der Waals surface area contributed by atoms with Crippen molar-refractivity contribution in [2.45, 2.75) is 61.8 Å². The average Bonchev–Trinajstić information content (AvgIpc) is 2.32. The van der Waals surface area contributed by atoms with Crippen LogP contribution in [0.3, 0.4) is 0 Å². The Kier molecular flexibility index (Phi) is 4.88. The minimum atomic E-state index is -2.01. The number of aliphatic hydroxyl groups is 6. The Bertz CT molecular complexity index is 230. The van der Waals surface area contributed by atoms with Crippen molar-refractivity contribution in [3.63, 3.8) is 0 Å². The lowest BCUT2D eigenvalue weighted by Crippen LogP contribution is -2.70. The highest BCUT2D eigenvalue weighted by Crippen LogP contribution is 2.34. The van der Waals surface area contributed by atoms with E-state index in [9.17, 15) is 30.6 Å². The van der Waals surface area contributed by atoms with Crippen LogP contribution in [-0.2, 0) is 0 Å². The van der Waals surface area contributed by atoms with Gasteiger partial charge in [-0.25, -0.2) is 0 Å². The molecule has 1 saturated carbocycles. The van der Waals surface area contributed by atoms with Crippen LogP contribution in [0.25, 0.3) is 0 Å². The van der Waals surface area contributed by atoms with Gasteiger partial charge in [-0.3, -0.25) is 0 Å². The molecule has 1 radical (unpaired) electrons. The van der Waals surface area contributed by atoms with E-state index in [4.69, 9.17) is 0 Å². The maximum absolute atomic E-state index is 10.1. The van der Waals surface area contributed by atoms with Crippen LogP contribution in [0.4, 0.5) is 0 Å². The van der Waals surface area contributed by atoms with Crippen LogP contribution >= 0.6 is 0 Å². The van der Waals surface area contributed by atoms with Crippen molar-refractivity contribution >= 4 is 0 Å². The summed E-state index contributed by atoms with van der Waals surface area (Å²) >= 11 is 0. The normalized spacial score (nSPS) is 47.1. The van der Waals surface area contributed by atoms with E-state index in [2.05, 4.69) is 6.92 Å². The molecular weight excluding hydrogens is 228 g/mol. The molecule has 0 aromatic heterocycles. The first-order valence-electron chi connectivity index (χ1n) is 5.78. The molecule has 0 aromatic carbocycles. The lowest BCUT2D eigenvalue weighted by molar-refractivity contribution is -0.270. The van der Waals surface area contributed by atoms with Gasteiger partial charge >= 0.3 is 0 Å². The van der Waals surface area contributed by atoms with Crippen LogP contribution in [0.1, 0.15) is 25.7 Å². The van der Waals surface area contributed by atoms with Crippen LogP contribution in [0.2, 0.25) is 0 Å². The van der Waals surface area contributed by atoms with Crippen LogP contribution in [0.5, 0.6) is 0 Å². The summed E-state index contributed by atoms with van der Waals surface area (Å²) in [5.41, 5.74) is -2.01. The first kappa shape index (κ1) is 14.8. The van der Waals surface area contributed by atoms with Crippen molar-refractivity contribution in [1.29, 1.82) is 0 Å². The fraction of sp³-hybridized carbons (Fsp3) is 0.909. The number of hydrogen-bond acceptors (Lipinski definition) is 6. The molecule has 101 valence electrons. The topological polar surface area (TPSA) is 121 Å². The van der Waals surface area contributed by atoms with Gasteiger partial charge in [0.15, 0.2) is 0 Å². The third kappa shape index (κ3) is 2.62. The molecule has 0 spiro atoms. The number of hydrogen-bond donors (Lipinski definition) is 6. The number of aliphatic hydroxyl groups excluding tert-OH is 5. The zero-order valence-corrected chi connectivity index (χ0v) is 9.61. The molecule has 0 bridgehead atoms. The van der Waals surface area contributed by atoms with Crippen molar-refractivity contribution in [2.24, 2.45) is 0 Å². The third-order valence-corrected chi connectivity index (χ3v) is 3.45. The van der Waals surface area contributed by atoms with E-state index in [-0.39, 0.29) is 6.42 Å². The molecular formula is C11H21O6. The van der Waals surface area contributed by atoms with E-state index < -0.39 is 36.1 Å². The predicted octanol–water partition coefficient (Wildman–Crippen LogP) is -2.07. The minimum absolute atomic E-state index is 0.0195. The Morgan fingerprint density at radius 3 is 1.71 bits per heavy atom. The van der Waals surface area contributed by atoms with Gasteiger partial charge < -0.3 is 30.6 Å². The number of unbranched alkanes of at least 4 members (excludes halogenated alkanes) is 2. The van der Waals surface area contributed by atoms with Gasteiger partial charge in [-0.15, -0.1) is 0 Å². The fourth-order valence-corrected chi connectivity index (χ4v) is 2.22. The lowest BCUT2D eigenvalue weighted by Gasteiger charge is -2.47. The summed E-state index contributed by atoms with van der Waals surface area (Å²) in [5.74, 6) is 0. The van der Waals surface area contributed by atoms with Crippen molar-refractivity contribution in [1.82, 2.24) is 0 Å². The first-order valence-corrected chi connectivity index (χ1v) is 5.78. The SMILES string of the molecule is [CH2]CCCC[C@]1(O)[C@H](O)[C@H](O)[C@@H](O)[C@H](O)[C@H]1O. The maximum atomic E-state index is 10.1. The summed E-state index contributed by atoms with van der Waals surface area (Å²) in [5, 5.41) is 57.9. The smallest absolute Gasteiger partial charge is 0.121 e. The van der Waals surface area contributed by atoms with Crippen molar-refractivity contribution in [3.8, 4) is 0 Å². The maximum Gasteiger partial charge on any atom is 0.121 e. The quantitative estimate of drug-likeness (QED) is 0.318. The molecule has 0 aromatic rings. The molecule has 1 rings (SSSR count). The average molecular weight is 249 g/mol. The van der Waals surface area contributed by atoms with Crippen molar-refractivity contribution in [3.05, 3.63) is 6.92 Å². The second kappa shape index (κ2) is 5.60. The van der Waals surface area contributed by atoms with Gasteiger partial charge in [0.05, 0.1) is 0 Å². The Morgan fingerprint density at radius 2 is 1.29 bits per heavy atom. The summed E-state index contributed by atoms with van der Waals surface area (Å²) in [4.78, 5) is 0. The van der Waals surface area contributed by atoms with Gasteiger partial charge in [0.1, 0.15) is 36.1 Å². The van der Waals surface area contributed by atoms with Crippen LogP contribution in [0, 0.1) is 6.92 Å². The zero-order valence-electron chi connectivity index (χ0n) is 9.61. The summed E-state index contributed by atoms with van der Waals surface area (Å²) in [6, 6.07) is 0. The molecule has 1 fully saturated rings. The standard InChI is InChI=1S/C11H21O6/c1-2-3-4-5-11(17)9(15)7(13)6(12)8(14)10(11)16/h6-10,12-17H,1-5H2/t6-,7-,8+,9-,10-,11+/m1/s1. The summed E-state index contributed by atoms with van der Waals surface area (Å²) in [6.45, 7) is 3.63. The molecule has 6 N–H and O–H groups in total. The van der Waals surface area contributed by atoms with E-state index in [1.54, 1.807) is 0 Å². The summed E-state index contributed by atoms with van der Waals surface area (Å²) < 4.78 is 0. The molecule has 6 atom stereocenters. The fourth-order valence-electron chi connectivity index (χ4n) is 2.22.